The molecule has 22 heavy (non-hydrogen) atoms. The molecule has 2 aromatic rings. The van der Waals surface area contributed by atoms with Gasteiger partial charge in [-0.3, -0.25) is 9.00 Å². The predicted octanol–water partition coefficient (Wildman–Crippen LogP) is 2.69. The Balaban J connectivity index is 1.99. The van der Waals surface area contributed by atoms with Crippen LogP contribution in [0.1, 0.15) is 5.69 Å². The monoisotopic (exact) mass is 348 g/mol. The van der Waals surface area contributed by atoms with Gasteiger partial charge in [-0.05, 0) is 12.1 Å². The number of alkyl halides is 3. The van der Waals surface area contributed by atoms with Gasteiger partial charge in [0.05, 0.1) is 10.8 Å². The summed E-state index contributed by atoms with van der Waals surface area (Å²) in [6, 6.07) is 9.15. The Labute approximate surface area is 130 Å². The van der Waals surface area contributed by atoms with Crippen LogP contribution >= 0.6 is 11.8 Å². The van der Waals surface area contributed by atoms with Crippen molar-refractivity contribution in [3.05, 3.63) is 52.4 Å². The fourth-order valence-corrected chi connectivity index (χ4v) is 3.72. The van der Waals surface area contributed by atoms with Crippen molar-refractivity contribution in [2.45, 2.75) is 16.2 Å². The topological polar surface area (TPSA) is 62.8 Å². The average molecular weight is 348 g/mol. The third-order valence-corrected chi connectivity index (χ3v) is 5.03. The van der Waals surface area contributed by atoms with Crippen molar-refractivity contribution in [3.63, 3.8) is 0 Å². The van der Waals surface area contributed by atoms with Gasteiger partial charge < -0.3 is 4.98 Å². The lowest BCUT2D eigenvalue weighted by Gasteiger charge is -2.07. The molecular weight excluding hydrogens is 337 g/mol. The molecule has 2 rings (SSSR count). The molecule has 118 valence electrons. The summed E-state index contributed by atoms with van der Waals surface area (Å²) in [5.41, 5.74) is -2.10. The van der Waals surface area contributed by atoms with Crippen molar-refractivity contribution >= 4 is 22.6 Å². The van der Waals surface area contributed by atoms with Crippen LogP contribution in [0.3, 0.4) is 0 Å². The number of nitrogens with one attached hydrogen (secondary N) is 1. The highest BCUT2D eigenvalue weighted by molar-refractivity contribution is 8.00. The number of H-pyrrole nitrogens is 1. The minimum absolute atomic E-state index is 0.134. The maximum absolute atomic E-state index is 12.5. The zero-order chi connectivity index (χ0) is 16.2. The smallest absolute Gasteiger partial charge is 0.301 e. The second-order valence-electron chi connectivity index (χ2n) is 4.14. The number of nitrogens with zero attached hydrogens (tertiary/aromatic N) is 1. The van der Waals surface area contributed by atoms with E-state index in [9.17, 15) is 22.2 Å². The normalized spacial score (nSPS) is 13.0. The lowest BCUT2D eigenvalue weighted by Crippen LogP contribution is -2.17. The first-order valence-electron chi connectivity index (χ1n) is 6.11. The van der Waals surface area contributed by atoms with E-state index in [2.05, 4.69) is 9.97 Å². The summed E-state index contributed by atoms with van der Waals surface area (Å²) in [6.07, 6.45) is -4.67. The summed E-state index contributed by atoms with van der Waals surface area (Å²) in [7, 11) is -1.25. The van der Waals surface area contributed by atoms with E-state index >= 15 is 0 Å². The first kappa shape index (κ1) is 16.8. The second kappa shape index (κ2) is 7.10. The highest BCUT2D eigenvalue weighted by Crippen LogP contribution is 2.27. The van der Waals surface area contributed by atoms with Crippen LogP contribution in [0.2, 0.25) is 0 Å². The fraction of sp³-hybridized carbons (Fsp3) is 0.231. The molecule has 0 aliphatic carbocycles. The number of thioether (sulfide) groups is 1. The summed E-state index contributed by atoms with van der Waals surface area (Å²) in [4.78, 5) is 17.4. The van der Waals surface area contributed by atoms with Gasteiger partial charge in [0.15, 0.2) is 10.9 Å². The molecule has 0 saturated heterocycles. The van der Waals surface area contributed by atoms with Crippen molar-refractivity contribution in [2.75, 3.05) is 11.5 Å². The SMILES string of the molecule is O=c1cc(C(F)(F)F)nc(SCC[S@@](=O)c2ccccc2)[nH]1. The molecule has 0 aliphatic rings. The highest BCUT2D eigenvalue weighted by atomic mass is 32.2. The second-order valence-corrected chi connectivity index (χ2v) is 6.80. The number of aromatic amines is 1. The third-order valence-electron chi connectivity index (χ3n) is 2.52. The molecule has 1 aromatic heterocycles. The van der Waals surface area contributed by atoms with Gasteiger partial charge in [-0.25, -0.2) is 4.98 Å². The largest absolute Gasteiger partial charge is 0.433 e. The van der Waals surface area contributed by atoms with Crippen molar-refractivity contribution in [2.24, 2.45) is 0 Å². The van der Waals surface area contributed by atoms with Gasteiger partial charge in [-0.2, -0.15) is 13.2 Å². The molecule has 0 radical (unpaired) electrons. The first-order chi connectivity index (χ1) is 10.4. The van der Waals surface area contributed by atoms with Crippen molar-refractivity contribution in [3.8, 4) is 0 Å². The molecule has 0 bridgehead atoms. The van der Waals surface area contributed by atoms with Crippen LogP contribution in [0.15, 0.2) is 51.2 Å². The van der Waals surface area contributed by atoms with Crippen molar-refractivity contribution < 1.29 is 17.4 Å². The molecule has 0 saturated carbocycles. The number of aromatic nitrogens is 2. The van der Waals surface area contributed by atoms with Gasteiger partial charge in [-0.1, -0.05) is 30.0 Å². The van der Waals surface area contributed by atoms with Gasteiger partial charge in [0.2, 0.25) is 0 Å². The van der Waals surface area contributed by atoms with Gasteiger partial charge in [0.1, 0.15) is 0 Å². The molecule has 1 heterocycles. The number of halogens is 3. The van der Waals surface area contributed by atoms with E-state index in [1.54, 1.807) is 30.3 Å². The molecule has 0 aliphatic heterocycles. The summed E-state index contributed by atoms with van der Waals surface area (Å²) in [5, 5.41) is -0.134. The van der Waals surface area contributed by atoms with E-state index in [1.165, 1.54) is 0 Å². The first-order valence-corrected chi connectivity index (χ1v) is 8.41. The van der Waals surface area contributed by atoms with Crippen LogP contribution in [0, 0.1) is 0 Å². The number of benzene rings is 1. The molecule has 1 aromatic carbocycles. The molecule has 4 nitrogen and oxygen atoms in total. The number of hydrogen-bond acceptors (Lipinski definition) is 4. The number of hydrogen-bond donors (Lipinski definition) is 1. The standard InChI is InChI=1S/C13H11F3N2O2S2/c14-13(15,16)10-8-11(19)18-12(17-10)21-6-7-22(20)9-4-2-1-3-5-9/h1-5,8H,6-7H2,(H,17,18,19)/t22-/m1/s1. The molecule has 0 amide bonds. The van der Waals surface area contributed by atoms with Gasteiger partial charge in [0, 0.05) is 22.5 Å². The minimum atomic E-state index is -4.67. The van der Waals surface area contributed by atoms with E-state index in [-0.39, 0.29) is 16.7 Å². The van der Waals surface area contributed by atoms with Gasteiger partial charge in [-0.15, -0.1) is 0 Å². The Morgan fingerprint density at radius 1 is 1.23 bits per heavy atom. The molecule has 1 N–H and O–H groups in total. The Morgan fingerprint density at radius 2 is 1.91 bits per heavy atom. The zero-order valence-corrected chi connectivity index (χ0v) is 12.7. The summed E-state index contributed by atoms with van der Waals surface area (Å²) < 4.78 is 49.6. The zero-order valence-electron chi connectivity index (χ0n) is 11.1. The Bertz CT molecular complexity index is 717. The molecular formula is C13H11F3N2O2S2. The lowest BCUT2D eigenvalue weighted by atomic mass is 10.4. The highest BCUT2D eigenvalue weighted by Gasteiger charge is 2.33. The van der Waals surface area contributed by atoms with Gasteiger partial charge >= 0.3 is 6.18 Å². The minimum Gasteiger partial charge on any atom is -0.301 e. The molecule has 0 unspecified atom stereocenters. The Kier molecular flexibility index (Phi) is 5.41. The van der Waals surface area contributed by atoms with Crippen LogP contribution in [0.5, 0.6) is 0 Å². The van der Waals surface area contributed by atoms with E-state index in [1.807, 2.05) is 0 Å². The Hall–Kier alpha value is -1.61. The van der Waals surface area contributed by atoms with Crippen LogP contribution in [-0.2, 0) is 17.0 Å². The fourth-order valence-electron chi connectivity index (χ4n) is 1.55. The van der Waals surface area contributed by atoms with Crippen LogP contribution in [0.25, 0.3) is 0 Å². The third kappa shape index (κ3) is 4.70. The van der Waals surface area contributed by atoms with Crippen LogP contribution < -0.4 is 5.56 Å². The molecule has 1 atom stereocenters. The maximum atomic E-state index is 12.5. The van der Waals surface area contributed by atoms with E-state index < -0.39 is 28.2 Å². The summed E-state index contributed by atoms with van der Waals surface area (Å²) in [6.45, 7) is 0. The Morgan fingerprint density at radius 3 is 2.55 bits per heavy atom. The molecule has 0 spiro atoms. The summed E-state index contributed by atoms with van der Waals surface area (Å²) in [5.74, 6) is 0.514. The van der Waals surface area contributed by atoms with Crippen molar-refractivity contribution in [1.82, 2.24) is 9.97 Å². The summed E-state index contributed by atoms with van der Waals surface area (Å²) >= 11 is 0.928. The van der Waals surface area contributed by atoms with Gasteiger partial charge in [0.25, 0.3) is 5.56 Å². The predicted molar refractivity (Wildman–Crippen MR) is 78.3 cm³/mol. The van der Waals surface area contributed by atoms with E-state index in [0.29, 0.717) is 11.0 Å². The quantitative estimate of drug-likeness (QED) is 0.667. The van der Waals surface area contributed by atoms with Crippen LogP contribution in [-0.4, -0.2) is 25.7 Å². The molecule has 9 heteroatoms. The number of rotatable bonds is 5. The van der Waals surface area contributed by atoms with Crippen LogP contribution in [0.4, 0.5) is 13.2 Å². The van der Waals surface area contributed by atoms with E-state index in [4.69, 9.17) is 0 Å². The van der Waals surface area contributed by atoms with E-state index in [0.717, 1.165) is 11.8 Å². The molecule has 0 fully saturated rings. The lowest BCUT2D eigenvalue weighted by molar-refractivity contribution is -0.141. The maximum Gasteiger partial charge on any atom is 0.433 e. The van der Waals surface area contributed by atoms with Crippen molar-refractivity contribution in [1.29, 1.82) is 0 Å². The average Bonchev–Trinajstić information content (AvgIpc) is 2.46.